The first-order chi connectivity index (χ1) is 23.4. The molecule has 3 aromatic rings. The molecule has 3 N–H and O–H groups in total. The molecule has 2 aliphatic rings. The molecule has 2 unspecified atom stereocenters. The highest BCUT2D eigenvalue weighted by Crippen LogP contribution is 2.32. The predicted molar refractivity (Wildman–Crippen MR) is 199 cm³/mol. The number of hydrogen-bond donors (Lipinski definition) is 3. The zero-order valence-corrected chi connectivity index (χ0v) is 29.8. The number of anilines is 3. The van der Waals surface area contributed by atoms with E-state index in [2.05, 4.69) is 69.8 Å². The molecule has 10 heteroatoms. The molecule has 2 atom stereocenters. The molecular weight excluding hydrogens is 635 g/mol. The van der Waals surface area contributed by atoms with E-state index in [4.69, 9.17) is 4.74 Å². The van der Waals surface area contributed by atoms with Gasteiger partial charge in [-0.1, -0.05) is 42.5 Å². The number of allylic oxidation sites excluding steroid dienone is 4. The molecular formula is C39H47N5O4S. The molecule has 1 aliphatic carbocycles. The van der Waals surface area contributed by atoms with Crippen LogP contribution in [0.25, 0.3) is 11.1 Å². The lowest BCUT2D eigenvalue weighted by atomic mass is 9.95. The van der Waals surface area contributed by atoms with Crippen LogP contribution in [0.15, 0.2) is 84.9 Å². The van der Waals surface area contributed by atoms with Crippen molar-refractivity contribution >= 4 is 41.0 Å². The van der Waals surface area contributed by atoms with Gasteiger partial charge in [-0.3, -0.25) is 9.59 Å². The monoisotopic (exact) mass is 681 g/mol. The largest absolute Gasteiger partial charge is 0.460 e. The fraction of sp³-hybridized carbons (Fsp3) is 0.385. The predicted octanol–water partition coefficient (Wildman–Crippen LogP) is 7.88. The SMILES string of the molecule is Cc1ccc(-c2cnc(NC(O)c3cc(N4C=CCCC4)ccc3NC(=O)C3=CC=CC(CSCCC(=O)OC(C)(C)C)C3)nc2)cc1C. The van der Waals surface area contributed by atoms with Crippen molar-refractivity contribution in [3.63, 3.8) is 0 Å². The van der Waals surface area contributed by atoms with Gasteiger partial charge in [0.05, 0.1) is 6.42 Å². The van der Waals surface area contributed by atoms with Gasteiger partial charge in [0.25, 0.3) is 5.91 Å². The fourth-order valence-electron chi connectivity index (χ4n) is 5.63. The summed E-state index contributed by atoms with van der Waals surface area (Å²) >= 11 is 1.68. The zero-order valence-electron chi connectivity index (χ0n) is 29.0. The van der Waals surface area contributed by atoms with Gasteiger partial charge in [0, 0.05) is 59.0 Å². The maximum Gasteiger partial charge on any atom is 0.307 e. The van der Waals surface area contributed by atoms with Gasteiger partial charge in [-0.25, -0.2) is 9.97 Å². The number of hydrogen-bond acceptors (Lipinski definition) is 9. The summed E-state index contributed by atoms with van der Waals surface area (Å²) in [6.45, 7) is 10.6. The first-order valence-corrected chi connectivity index (χ1v) is 18.0. The molecule has 0 saturated carbocycles. The van der Waals surface area contributed by atoms with E-state index in [0.29, 0.717) is 35.4 Å². The number of amides is 1. The van der Waals surface area contributed by atoms with Crippen molar-refractivity contribution in [2.45, 2.75) is 72.1 Å². The maximum atomic E-state index is 13.6. The number of carbonyl (C=O) groups is 2. The van der Waals surface area contributed by atoms with Gasteiger partial charge < -0.3 is 25.4 Å². The van der Waals surface area contributed by atoms with Crippen molar-refractivity contribution in [1.29, 1.82) is 0 Å². The lowest BCUT2D eigenvalue weighted by Gasteiger charge is -2.26. The van der Waals surface area contributed by atoms with E-state index in [0.717, 1.165) is 42.0 Å². The van der Waals surface area contributed by atoms with E-state index in [1.807, 2.05) is 57.2 Å². The van der Waals surface area contributed by atoms with Gasteiger partial charge in [0.1, 0.15) is 5.60 Å². The first-order valence-electron chi connectivity index (χ1n) is 16.8. The number of carbonyl (C=O) groups excluding carboxylic acids is 2. The number of thioether (sulfide) groups is 1. The molecule has 1 amide bonds. The number of nitrogens with zero attached hydrogens (tertiary/aromatic N) is 3. The summed E-state index contributed by atoms with van der Waals surface area (Å²) in [5.41, 5.74) is 6.41. The highest BCUT2D eigenvalue weighted by atomic mass is 32.2. The third-order valence-corrected chi connectivity index (χ3v) is 9.54. The van der Waals surface area contributed by atoms with E-state index in [9.17, 15) is 14.7 Å². The Labute approximate surface area is 294 Å². The van der Waals surface area contributed by atoms with E-state index in [1.165, 1.54) is 11.1 Å². The summed E-state index contributed by atoms with van der Waals surface area (Å²) in [5.74, 6) is 1.47. The van der Waals surface area contributed by atoms with Crippen molar-refractivity contribution in [3.8, 4) is 11.1 Å². The van der Waals surface area contributed by atoms with Crippen LogP contribution in [0.2, 0.25) is 0 Å². The van der Waals surface area contributed by atoms with Crippen LogP contribution >= 0.6 is 11.8 Å². The Bertz CT molecular complexity index is 1730. The summed E-state index contributed by atoms with van der Waals surface area (Å²) in [5, 5.41) is 17.6. The molecule has 0 spiro atoms. The number of rotatable bonds is 12. The quantitative estimate of drug-likeness (QED) is 0.0997. The Hall–Kier alpha value is -4.41. The molecule has 2 heterocycles. The smallest absolute Gasteiger partial charge is 0.307 e. The number of aliphatic hydroxyl groups excluding tert-OH is 1. The van der Waals surface area contributed by atoms with Gasteiger partial charge in [0.15, 0.2) is 6.23 Å². The number of aryl methyl sites for hydroxylation is 2. The highest BCUT2D eigenvalue weighted by Gasteiger charge is 2.22. The molecule has 5 rings (SSSR count). The lowest BCUT2D eigenvalue weighted by Crippen LogP contribution is -2.24. The Kier molecular flexibility index (Phi) is 12.0. The second kappa shape index (κ2) is 16.3. The van der Waals surface area contributed by atoms with Gasteiger partial charge in [0.2, 0.25) is 5.95 Å². The van der Waals surface area contributed by atoms with Crippen LogP contribution in [0.4, 0.5) is 17.3 Å². The number of benzene rings is 2. The fourth-order valence-corrected chi connectivity index (χ4v) is 6.64. The minimum absolute atomic E-state index is 0.165. The zero-order chi connectivity index (χ0) is 35.0. The minimum Gasteiger partial charge on any atom is -0.460 e. The van der Waals surface area contributed by atoms with Crippen molar-refractivity contribution in [3.05, 3.63) is 102 Å². The number of esters is 1. The van der Waals surface area contributed by atoms with E-state index in [1.54, 1.807) is 24.2 Å². The van der Waals surface area contributed by atoms with Gasteiger partial charge >= 0.3 is 5.97 Å². The number of aliphatic hydroxyl groups is 1. The summed E-state index contributed by atoms with van der Waals surface area (Å²) in [6, 6.07) is 11.9. The molecule has 258 valence electrons. The van der Waals surface area contributed by atoms with Crippen LogP contribution in [0.5, 0.6) is 0 Å². The lowest BCUT2D eigenvalue weighted by molar-refractivity contribution is -0.154. The van der Waals surface area contributed by atoms with Gasteiger partial charge in [-0.05, 0) is 100 Å². The molecule has 49 heavy (non-hydrogen) atoms. The van der Waals surface area contributed by atoms with E-state index < -0.39 is 11.8 Å². The molecule has 0 radical (unpaired) electrons. The molecule has 0 bridgehead atoms. The van der Waals surface area contributed by atoms with Crippen LogP contribution in [0.3, 0.4) is 0 Å². The molecule has 9 nitrogen and oxygen atoms in total. The normalized spacial score (nSPS) is 16.6. The van der Waals surface area contributed by atoms with Crippen molar-refractivity contribution in [2.75, 3.05) is 33.6 Å². The van der Waals surface area contributed by atoms with E-state index >= 15 is 0 Å². The average molecular weight is 682 g/mol. The summed E-state index contributed by atoms with van der Waals surface area (Å²) in [4.78, 5) is 36.7. The Morgan fingerprint density at radius 3 is 2.59 bits per heavy atom. The highest BCUT2D eigenvalue weighted by molar-refractivity contribution is 7.99. The summed E-state index contributed by atoms with van der Waals surface area (Å²) < 4.78 is 5.40. The average Bonchev–Trinajstić information content (AvgIpc) is 3.08. The minimum atomic E-state index is -1.19. The summed E-state index contributed by atoms with van der Waals surface area (Å²) in [6.07, 6.45) is 15.3. The van der Waals surface area contributed by atoms with Crippen LogP contribution < -0.4 is 15.5 Å². The van der Waals surface area contributed by atoms with Gasteiger partial charge in [-0.15, -0.1) is 0 Å². The maximum absolute atomic E-state index is 13.6. The van der Waals surface area contributed by atoms with E-state index in [-0.39, 0.29) is 23.7 Å². The number of ether oxygens (including phenoxy) is 1. The third-order valence-electron chi connectivity index (χ3n) is 8.38. The Morgan fingerprint density at radius 2 is 1.88 bits per heavy atom. The van der Waals surface area contributed by atoms with Crippen LogP contribution in [0.1, 0.15) is 69.4 Å². The molecule has 1 aliphatic heterocycles. The van der Waals surface area contributed by atoms with Crippen LogP contribution in [-0.4, -0.2) is 50.6 Å². The topological polar surface area (TPSA) is 117 Å². The molecule has 0 saturated heterocycles. The van der Waals surface area contributed by atoms with Crippen molar-refractivity contribution in [1.82, 2.24) is 9.97 Å². The second-order valence-electron chi connectivity index (χ2n) is 13.5. The first kappa shape index (κ1) is 35.9. The Balaban J connectivity index is 1.25. The molecule has 1 aromatic heterocycles. The van der Waals surface area contributed by atoms with Crippen LogP contribution in [-0.2, 0) is 14.3 Å². The third kappa shape index (κ3) is 10.3. The standard InChI is InChI=1S/C39H47N5O4S/c1-26-12-13-29(20-27(26)2)31-23-40-38(41-24-31)43-37(47)33-22-32(44-17-7-6-8-18-44)14-15-34(33)42-36(46)30-11-9-10-28(21-30)25-49-19-16-35(45)48-39(3,4)5/h7,9-15,17,20,22-24,28,37,47H,6,8,16,18-19,21,25H2,1-5H3,(H,42,46)(H,40,41,43). The summed E-state index contributed by atoms with van der Waals surface area (Å²) in [7, 11) is 0. The molecule has 0 fully saturated rings. The number of aromatic nitrogens is 2. The Morgan fingerprint density at radius 1 is 1.08 bits per heavy atom. The molecule has 2 aromatic carbocycles. The second-order valence-corrected chi connectivity index (χ2v) is 14.7. The van der Waals surface area contributed by atoms with Crippen molar-refractivity contribution in [2.24, 2.45) is 5.92 Å². The van der Waals surface area contributed by atoms with Crippen molar-refractivity contribution < 1.29 is 19.4 Å². The van der Waals surface area contributed by atoms with Crippen LogP contribution in [0, 0.1) is 19.8 Å². The van der Waals surface area contributed by atoms with Gasteiger partial charge in [-0.2, -0.15) is 11.8 Å². The number of nitrogens with one attached hydrogen (secondary N) is 2.